The summed E-state index contributed by atoms with van der Waals surface area (Å²) in [6.45, 7) is 0. The SMILES string of the molecule is O=C(O)c1cc(Br)[se]c1Br. The van der Waals surface area contributed by atoms with Gasteiger partial charge in [-0.2, -0.15) is 0 Å². The predicted molar refractivity (Wildman–Crippen MR) is 45.7 cm³/mol. The monoisotopic (exact) mass is 332 g/mol. The van der Waals surface area contributed by atoms with Crippen molar-refractivity contribution < 1.29 is 9.90 Å². The number of hydrogen-bond acceptors (Lipinski definition) is 1. The van der Waals surface area contributed by atoms with Gasteiger partial charge in [0.25, 0.3) is 0 Å². The number of carboxylic acid groups (broad SMARTS) is 1. The first kappa shape index (κ1) is 8.53. The van der Waals surface area contributed by atoms with Crippen LogP contribution in [-0.4, -0.2) is 25.6 Å². The molecule has 0 atom stereocenters. The Bertz CT molecular complexity index is 269. The zero-order valence-corrected chi connectivity index (χ0v) is 9.48. The van der Waals surface area contributed by atoms with Gasteiger partial charge in [0.15, 0.2) is 0 Å². The zero-order valence-electron chi connectivity index (χ0n) is 4.60. The third-order valence-corrected chi connectivity index (χ3v) is 4.72. The fourth-order valence-corrected chi connectivity index (χ4v) is 5.14. The first-order valence-electron chi connectivity index (χ1n) is 2.29. The first-order valence-corrected chi connectivity index (χ1v) is 5.59. The molecule has 0 unspecified atom stereocenters. The summed E-state index contributed by atoms with van der Waals surface area (Å²) in [6, 6.07) is 1.63. The summed E-state index contributed by atoms with van der Waals surface area (Å²) in [5.41, 5.74) is 0.367. The van der Waals surface area contributed by atoms with Crippen LogP contribution in [0.4, 0.5) is 0 Å². The van der Waals surface area contributed by atoms with Crippen LogP contribution < -0.4 is 0 Å². The summed E-state index contributed by atoms with van der Waals surface area (Å²) < 4.78 is 1.75. The van der Waals surface area contributed by atoms with Gasteiger partial charge < -0.3 is 0 Å². The molecule has 0 aliphatic heterocycles. The van der Waals surface area contributed by atoms with Gasteiger partial charge in [0, 0.05) is 0 Å². The van der Waals surface area contributed by atoms with Gasteiger partial charge in [-0.3, -0.25) is 0 Å². The molecule has 0 amide bonds. The Morgan fingerprint density at radius 2 is 2.20 bits per heavy atom. The van der Waals surface area contributed by atoms with Gasteiger partial charge in [0.05, 0.1) is 0 Å². The molecule has 10 heavy (non-hydrogen) atoms. The first-order chi connectivity index (χ1) is 4.61. The van der Waals surface area contributed by atoms with E-state index in [2.05, 4.69) is 31.9 Å². The summed E-state index contributed by atoms with van der Waals surface area (Å²) in [4.78, 5) is 10.4. The van der Waals surface area contributed by atoms with Crippen LogP contribution in [0.15, 0.2) is 12.8 Å². The van der Waals surface area contributed by atoms with Gasteiger partial charge in [-0.25, -0.2) is 0 Å². The van der Waals surface area contributed by atoms with E-state index in [1.807, 2.05) is 0 Å². The van der Waals surface area contributed by atoms with Crippen LogP contribution in [0, 0.1) is 0 Å². The molecule has 1 rings (SSSR count). The van der Waals surface area contributed by atoms with Crippen LogP contribution >= 0.6 is 31.9 Å². The van der Waals surface area contributed by atoms with Crippen LogP contribution in [0.2, 0.25) is 0 Å². The maximum atomic E-state index is 10.4. The van der Waals surface area contributed by atoms with E-state index in [9.17, 15) is 4.79 Å². The Balaban J connectivity index is 3.15. The van der Waals surface area contributed by atoms with Crippen LogP contribution in [0.25, 0.3) is 0 Å². The average Bonchev–Trinajstić information content (AvgIpc) is 2.10. The molecule has 0 radical (unpaired) electrons. The van der Waals surface area contributed by atoms with Crippen LogP contribution in [-0.2, 0) is 0 Å². The standard InChI is InChI=1S/C5H2Br2O2Se/c6-3-1-2(5(8)9)4(7)10-3/h1H,(H,8,9). The molecule has 2 nitrogen and oxygen atoms in total. The van der Waals surface area contributed by atoms with E-state index < -0.39 is 5.97 Å². The minimum absolute atomic E-state index is 0.133. The van der Waals surface area contributed by atoms with E-state index in [-0.39, 0.29) is 14.5 Å². The topological polar surface area (TPSA) is 37.3 Å². The van der Waals surface area contributed by atoms with Crippen molar-refractivity contribution in [1.82, 2.24) is 0 Å². The van der Waals surface area contributed by atoms with E-state index in [0.717, 1.165) is 6.69 Å². The molecular weight excluding hydrogens is 331 g/mol. The third-order valence-electron chi connectivity index (χ3n) is 0.887. The van der Waals surface area contributed by atoms with Crippen molar-refractivity contribution in [3.63, 3.8) is 0 Å². The molecule has 0 aliphatic carbocycles. The van der Waals surface area contributed by atoms with Crippen molar-refractivity contribution in [3.05, 3.63) is 18.3 Å². The van der Waals surface area contributed by atoms with Gasteiger partial charge in [0.1, 0.15) is 0 Å². The third kappa shape index (κ3) is 1.72. The second-order valence-electron chi connectivity index (χ2n) is 1.54. The van der Waals surface area contributed by atoms with E-state index in [4.69, 9.17) is 5.11 Å². The molecule has 1 aromatic rings. The maximum absolute atomic E-state index is 10.4. The number of rotatable bonds is 1. The van der Waals surface area contributed by atoms with Crippen molar-refractivity contribution in [1.29, 1.82) is 0 Å². The molecule has 0 saturated heterocycles. The van der Waals surface area contributed by atoms with Crippen molar-refractivity contribution in [3.8, 4) is 0 Å². The van der Waals surface area contributed by atoms with Crippen molar-refractivity contribution >= 4 is 52.3 Å². The van der Waals surface area contributed by atoms with Gasteiger partial charge >= 0.3 is 80.6 Å². The number of hydrogen-bond donors (Lipinski definition) is 1. The van der Waals surface area contributed by atoms with E-state index in [0.29, 0.717) is 5.56 Å². The molecular formula is C5H2Br2O2Se. The Kier molecular flexibility index (Phi) is 2.74. The Hall–Kier alpha value is 0.429. The number of carbonyl (C=O) groups is 1. The Morgan fingerprint density at radius 3 is 2.40 bits per heavy atom. The van der Waals surface area contributed by atoms with E-state index >= 15 is 0 Å². The average molecular weight is 333 g/mol. The minimum atomic E-state index is -0.872. The molecule has 54 valence electrons. The zero-order chi connectivity index (χ0) is 7.72. The summed E-state index contributed by atoms with van der Waals surface area (Å²) in [5, 5.41) is 8.56. The van der Waals surface area contributed by atoms with Gasteiger partial charge in [0.2, 0.25) is 0 Å². The Morgan fingerprint density at radius 1 is 1.60 bits per heavy atom. The Labute approximate surface area is 80.2 Å². The number of carboxylic acids is 1. The molecule has 0 bridgehead atoms. The second-order valence-corrected chi connectivity index (χ2v) is 7.76. The van der Waals surface area contributed by atoms with Crippen LogP contribution in [0.3, 0.4) is 0 Å². The second kappa shape index (κ2) is 3.22. The molecule has 1 N–H and O–H groups in total. The quantitative estimate of drug-likeness (QED) is 0.798. The molecule has 0 saturated carbocycles. The number of halogens is 2. The molecule has 1 heterocycles. The molecule has 0 aromatic carbocycles. The fraction of sp³-hybridized carbons (Fsp3) is 0. The van der Waals surface area contributed by atoms with Crippen molar-refractivity contribution in [2.24, 2.45) is 0 Å². The summed E-state index contributed by atoms with van der Waals surface area (Å²) in [5.74, 6) is -0.872. The molecule has 5 heteroatoms. The van der Waals surface area contributed by atoms with Gasteiger partial charge in [-0.1, -0.05) is 0 Å². The summed E-state index contributed by atoms with van der Waals surface area (Å²) in [6.07, 6.45) is 0. The molecule has 0 aliphatic rings. The molecule has 1 aromatic heterocycles. The van der Waals surface area contributed by atoms with E-state index in [1.165, 1.54) is 0 Å². The van der Waals surface area contributed by atoms with Crippen molar-refractivity contribution in [2.75, 3.05) is 0 Å². The predicted octanol–water partition coefficient (Wildman–Crippen LogP) is 1.97. The normalized spacial score (nSPS) is 9.80. The molecule has 0 spiro atoms. The van der Waals surface area contributed by atoms with Gasteiger partial charge in [-0.05, 0) is 0 Å². The number of aromatic carboxylic acids is 1. The van der Waals surface area contributed by atoms with Crippen molar-refractivity contribution in [2.45, 2.75) is 0 Å². The van der Waals surface area contributed by atoms with Crippen LogP contribution in [0.1, 0.15) is 10.4 Å². The summed E-state index contributed by atoms with van der Waals surface area (Å²) >= 11 is 6.56. The summed E-state index contributed by atoms with van der Waals surface area (Å²) in [7, 11) is 0. The van der Waals surface area contributed by atoms with Gasteiger partial charge in [-0.15, -0.1) is 0 Å². The fourth-order valence-electron chi connectivity index (χ4n) is 0.486. The van der Waals surface area contributed by atoms with E-state index in [1.54, 1.807) is 6.07 Å². The molecule has 0 fully saturated rings. The van der Waals surface area contributed by atoms with Crippen LogP contribution in [0.5, 0.6) is 0 Å².